The van der Waals surface area contributed by atoms with Crippen molar-refractivity contribution >= 4 is 5.97 Å². The van der Waals surface area contributed by atoms with Crippen LogP contribution in [0.25, 0.3) is 0 Å². The number of carbonyl (C=O) groups is 1. The molecule has 0 amide bonds. The van der Waals surface area contributed by atoms with Gasteiger partial charge in [0.05, 0.1) is 19.1 Å². The van der Waals surface area contributed by atoms with E-state index in [0.29, 0.717) is 12.8 Å². The topological polar surface area (TPSA) is 46.5 Å². The molecule has 0 radical (unpaired) electrons. The molecule has 1 saturated carbocycles. The Balaban J connectivity index is 2.67. The summed E-state index contributed by atoms with van der Waals surface area (Å²) in [6.07, 6.45) is 2.73. The maximum atomic E-state index is 11.3. The zero-order valence-corrected chi connectivity index (χ0v) is 8.77. The molecule has 1 aliphatic rings. The second-order valence-corrected chi connectivity index (χ2v) is 4.06. The second kappa shape index (κ2) is 4.60. The number of aliphatic hydroxyl groups is 1. The van der Waals surface area contributed by atoms with Crippen molar-refractivity contribution in [3.63, 3.8) is 0 Å². The van der Waals surface area contributed by atoms with Gasteiger partial charge in [0.2, 0.25) is 0 Å². The maximum absolute atomic E-state index is 11.3. The Hall–Kier alpha value is -0.830. The van der Waals surface area contributed by atoms with Crippen LogP contribution in [0, 0.1) is 17.8 Å². The minimum absolute atomic E-state index is 0.0165. The molecule has 0 heterocycles. The molecule has 3 nitrogen and oxygen atoms in total. The average molecular weight is 198 g/mol. The monoisotopic (exact) mass is 198 g/mol. The van der Waals surface area contributed by atoms with E-state index in [1.165, 1.54) is 7.11 Å². The van der Waals surface area contributed by atoms with E-state index < -0.39 is 0 Å². The molecule has 0 aromatic heterocycles. The molecule has 2 unspecified atom stereocenters. The van der Waals surface area contributed by atoms with Gasteiger partial charge in [0.15, 0.2) is 0 Å². The highest BCUT2D eigenvalue weighted by molar-refractivity contribution is 5.72. The fraction of sp³-hybridized carbons (Fsp3) is 0.727. The van der Waals surface area contributed by atoms with E-state index in [2.05, 4.69) is 6.58 Å². The summed E-state index contributed by atoms with van der Waals surface area (Å²) in [5.41, 5.74) is 0. The molecular weight excluding hydrogens is 180 g/mol. The number of methoxy groups -OCH3 is 1. The lowest BCUT2D eigenvalue weighted by Crippen LogP contribution is -2.37. The first-order chi connectivity index (χ1) is 6.60. The van der Waals surface area contributed by atoms with Crippen LogP contribution in [-0.2, 0) is 9.53 Å². The lowest BCUT2D eigenvalue weighted by molar-refractivity contribution is -0.149. The van der Waals surface area contributed by atoms with Crippen molar-refractivity contribution in [2.24, 2.45) is 17.8 Å². The molecular formula is C11H18O3. The van der Waals surface area contributed by atoms with Crippen molar-refractivity contribution in [1.29, 1.82) is 0 Å². The van der Waals surface area contributed by atoms with Crippen LogP contribution >= 0.6 is 0 Å². The van der Waals surface area contributed by atoms with Gasteiger partial charge in [-0.25, -0.2) is 0 Å². The van der Waals surface area contributed by atoms with Crippen molar-refractivity contribution in [3.8, 4) is 0 Å². The number of hydrogen-bond acceptors (Lipinski definition) is 3. The number of hydrogen-bond donors (Lipinski definition) is 1. The van der Waals surface area contributed by atoms with E-state index in [9.17, 15) is 9.90 Å². The quantitative estimate of drug-likeness (QED) is 0.538. The SMILES string of the molecule is C=CC1CC(C(=O)OC)C[C@@H](C)[C@@H]1O. The van der Waals surface area contributed by atoms with Gasteiger partial charge < -0.3 is 9.84 Å². The Morgan fingerprint density at radius 2 is 2.21 bits per heavy atom. The van der Waals surface area contributed by atoms with Gasteiger partial charge in [-0.15, -0.1) is 6.58 Å². The van der Waals surface area contributed by atoms with E-state index in [0.717, 1.165) is 0 Å². The van der Waals surface area contributed by atoms with E-state index in [1.807, 2.05) is 6.92 Å². The predicted molar refractivity (Wildman–Crippen MR) is 53.6 cm³/mol. The van der Waals surface area contributed by atoms with Crippen molar-refractivity contribution in [2.75, 3.05) is 7.11 Å². The van der Waals surface area contributed by atoms with Gasteiger partial charge in [0.25, 0.3) is 0 Å². The Labute approximate surface area is 84.8 Å². The Morgan fingerprint density at radius 3 is 2.71 bits per heavy atom. The lowest BCUT2D eigenvalue weighted by atomic mass is 9.74. The highest BCUT2D eigenvalue weighted by Crippen LogP contribution is 2.34. The minimum Gasteiger partial charge on any atom is -0.469 e. The summed E-state index contributed by atoms with van der Waals surface area (Å²) in [4.78, 5) is 11.3. The van der Waals surface area contributed by atoms with E-state index in [4.69, 9.17) is 4.74 Å². The van der Waals surface area contributed by atoms with Crippen LogP contribution in [0.15, 0.2) is 12.7 Å². The van der Waals surface area contributed by atoms with Crippen molar-refractivity contribution in [2.45, 2.75) is 25.9 Å². The molecule has 1 fully saturated rings. The fourth-order valence-electron chi connectivity index (χ4n) is 2.17. The van der Waals surface area contributed by atoms with Gasteiger partial charge in [-0.2, -0.15) is 0 Å². The Bertz CT molecular complexity index is 225. The molecule has 1 N–H and O–H groups in total. The third kappa shape index (κ3) is 2.15. The molecule has 1 aliphatic carbocycles. The normalized spacial score (nSPS) is 37.6. The van der Waals surface area contributed by atoms with Crippen LogP contribution < -0.4 is 0 Å². The van der Waals surface area contributed by atoms with E-state index in [-0.39, 0.29) is 29.8 Å². The Morgan fingerprint density at radius 1 is 1.57 bits per heavy atom. The zero-order chi connectivity index (χ0) is 10.7. The molecule has 0 aromatic rings. The standard InChI is InChI=1S/C11H18O3/c1-4-8-6-9(11(13)14-3)5-7(2)10(8)12/h4,7-10,12H,1,5-6H2,2-3H3/t7-,8?,9?,10+/m1/s1. The molecule has 0 aromatic carbocycles. The van der Waals surface area contributed by atoms with Gasteiger partial charge >= 0.3 is 5.97 Å². The van der Waals surface area contributed by atoms with Crippen LogP contribution in [0.2, 0.25) is 0 Å². The highest BCUT2D eigenvalue weighted by Gasteiger charge is 2.36. The summed E-state index contributed by atoms with van der Waals surface area (Å²) in [5, 5.41) is 9.79. The summed E-state index contributed by atoms with van der Waals surface area (Å²) in [6, 6.07) is 0. The molecule has 0 aliphatic heterocycles. The minimum atomic E-state index is -0.367. The maximum Gasteiger partial charge on any atom is 0.308 e. The van der Waals surface area contributed by atoms with Crippen molar-refractivity contribution in [1.82, 2.24) is 0 Å². The van der Waals surface area contributed by atoms with E-state index >= 15 is 0 Å². The molecule has 3 heteroatoms. The largest absolute Gasteiger partial charge is 0.469 e. The van der Waals surface area contributed by atoms with Crippen LogP contribution in [0.3, 0.4) is 0 Å². The van der Waals surface area contributed by atoms with Gasteiger partial charge in [-0.3, -0.25) is 4.79 Å². The van der Waals surface area contributed by atoms with Crippen LogP contribution in [-0.4, -0.2) is 24.3 Å². The molecule has 0 spiro atoms. The third-order valence-corrected chi connectivity index (χ3v) is 3.07. The predicted octanol–water partition coefficient (Wildman–Crippen LogP) is 1.37. The summed E-state index contributed by atoms with van der Waals surface area (Å²) in [5.74, 6) is -0.101. The van der Waals surface area contributed by atoms with Crippen molar-refractivity contribution < 1.29 is 14.6 Å². The molecule has 0 saturated heterocycles. The first kappa shape index (κ1) is 11.2. The molecule has 1 rings (SSSR count). The van der Waals surface area contributed by atoms with Gasteiger partial charge in [0, 0.05) is 5.92 Å². The summed E-state index contributed by atoms with van der Waals surface area (Å²) >= 11 is 0. The summed E-state index contributed by atoms with van der Waals surface area (Å²) in [6.45, 7) is 5.63. The summed E-state index contributed by atoms with van der Waals surface area (Å²) in [7, 11) is 1.40. The van der Waals surface area contributed by atoms with Crippen LogP contribution in [0.1, 0.15) is 19.8 Å². The molecule has 0 bridgehead atoms. The molecule has 80 valence electrons. The third-order valence-electron chi connectivity index (χ3n) is 3.07. The smallest absolute Gasteiger partial charge is 0.308 e. The number of esters is 1. The first-order valence-corrected chi connectivity index (χ1v) is 4.98. The molecule has 14 heavy (non-hydrogen) atoms. The second-order valence-electron chi connectivity index (χ2n) is 4.06. The van der Waals surface area contributed by atoms with E-state index in [1.54, 1.807) is 6.08 Å². The number of rotatable bonds is 2. The van der Waals surface area contributed by atoms with Gasteiger partial charge in [0.1, 0.15) is 0 Å². The van der Waals surface area contributed by atoms with Crippen LogP contribution in [0.5, 0.6) is 0 Å². The average Bonchev–Trinajstić information content (AvgIpc) is 2.20. The van der Waals surface area contributed by atoms with Crippen LogP contribution in [0.4, 0.5) is 0 Å². The Kier molecular flexibility index (Phi) is 3.69. The first-order valence-electron chi connectivity index (χ1n) is 4.98. The van der Waals surface area contributed by atoms with Gasteiger partial charge in [-0.05, 0) is 18.8 Å². The number of carbonyl (C=O) groups excluding carboxylic acids is 1. The fourth-order valence-corrected chi connectivity index (χ4v) is 2.17. The lowest BCUT2D eigenvalue weighted by Gasteiger charge is -2.34. The molecule has 4 atom stereocenters. The summed E-state index contributed by atoms with van der Waals surface area (Å²) < 4.78 is 4.71. The zero-order valence-electron chi connectivity index (χ0n) is 8.77. The van der Waals surface area contributed by atoms with Gasteiger partial charge in [-0.1, -0.05) is 13.0 Å². The van der Waals surface area contributed by atoms with Crippen molar-refractivity contribution in [3.05, 3.63) is 12.7 Å². The number of ether oxygens (including phenoxy) is 1. The highest BCUT2D eigenvalue weighted by atomic mass is 16.5. The number of aliphatic hydroxyl groups excluding tert-OH is 1.